The summed E-state index contributed by atoms with van der Waals surface area (Å²) in [6.07, 6.45) is -0.529. The number of benzene rings is 2. The molecule has 1 heterocycles. The molecule has 0 radical (unpaired) electrons. The van der Waals surface area contributed by atoms with Crippen LogP contribution in [0.1, 0.15) is 34.5 Å². The Kier molecular flexibility index (Phi) is 5.67. The maximum Gasteiger partial charge on any atom is 0.407 e. The van der Waals surface area contributed by atoms with E-state index in [4.69, 9.17) is 14.6 Å². The van der Waals surface area contributed by atoms with Crippen molar-refractivity contribution in [3.05, 3.63) is 70.7 Å². The van der Waals surface area contributed by atoms with E-state index in [1.165, 1.54) is 16.5 Å². The summed E-state index contributed by atoms with van der Waals surface area (Å²) < 4.78 is 10.9. The van der Waals surface area contributed by atoms with Gasteiger partial charge in [-0.25, -0.2) is 9.59 Å². The summed E-state index contributed by atoms with van der Waals surface area (Å²) in [6, 6.07) is 16.0. The molecule has 0 aliphatic heterocycles. The van der Waals surface area contributed by atoms with Crippen molar-refractivity contribution in [2.24, 2.45) is 0 Å². The van der Waals surface area contributed by atoms with Crippen LogP contribution in [0.25, 0.3) is 11.1 Å². The van der Waals surface area contributed by atoms with Crippen LogP contribution in [0.4, 0.5) is 4.79 Å². The van der Waals surface area contributed by atoms with E-state index < -0.39 is 12.1 Å². The third-order valence-corrected chi connectivity index (χ3v) is 5.62. The number of amides is 1. The van der Waals surface area contributed by atoms with E-state index in [-0.39, 0.29) is 36.1 Å². The number of carboxylic acids is 1. The summed E-state index contributed by atoms with van der Waals surface area (Å²) in [5.74, 6) is -1.11. The summed E-state index contributed by atoms with van der Waals surface area (Å²) >= 11 is 1.09. The molecule has 1 unspecified atom stereocenters. The minimum Gasteiger partial charge on any atom is -0.476 e. The van der Waals surface area contributed by atoms with Gasteiger partial charge in [0.1, 0.15) is 13.2 Å². The molecule has 1 atom stereocenters. The normalized spacial score (nSPS) is 13.2. The quantitative estimate of drug-likeness (QED) is 0.591. The predicted molar refractivity (Wildman–Crippen MR) is 112 cm³/mol. The second kappa shape index (κ2) is 8.54. The van der Waals surface area contributed by atoms with E-state index in [2.05, 4.69) is 34.6 Å². The van der Waals surface area contributed by atoms with Crippen LogP contribution in [-0.2, 0) is 4.74 Å². The molecule has 4 rings (SSSR count). The Hall–Kier alpha value is -3.39. The van der Waals surface area contributed by atoms with Crippen molar-refractivity contribution in [1.29, 1.82) is 0 Å². The fraction of sp³-hybridized carbons (Fsp3) is 0.227. The molecule has 0 saturated carbocycles. The molecule has 1 aromatic heterocycles. The molecule has 0 saturated heterocycles. The second-order valence-corrected chi connectivity index (χ2v) is 7.81. The summed E-state index contributed by atoms with van der Waals surface area (Å²) in [4.78, 5) is 27.0. The molecule has 2 aromatic carbocycles. The van der Waals surface area contributed by atoms with Crippen molar-refractivity contribution in [3.63, 3.8) is 0 Å². The van der Waals surface area contributed by atoms with Gasteiger partial charge in [-0.2, -0.15) is 4.98 Å². The van der Waals surface area contributed by atoms with Crippen LogP contribution < -0.4 is 10.1 Å². The van der Waals surface area contributed by atoms with E-state index in [9.17, 15) is 9.59 Å². The summed E-state index contributed by atoms with van der Waals surface area (Å²) in [5, 5.41) is 13.3. The molecule has 1 aliphatic rings. The number of hydrogen-bond donors (Lipinski definition) is 2. The number of nitrogens with zero attached hydrogens (tertiary/aromatic N) is 1. The largest absolute Gasteiger partial charge is 0.476 e. The lowest BCUT2D eigenvalue weighted by atomic mass is 9.98. The number of aromatic carboxylic acids is 1. The van der Waals surface area contributed by atoms with Crippen molar-refractivity contribution in [2.75, 3.05) is 13.2 Å². The topological polar surface area (TPSA) is 97.8 Å². The molecule has 8 heteroatoms. The molecule has 30 heavy (non-hydrogen) atoms. The molecular weight excluding hydrogens is 404 g/mol. The number of fused-ring (bicyclic) bond motifs is 3. The molecule has 0 bridgehead atoms. The zero-order chi connectivity index (χ0) is 21.1. The number of carbonyl (C=O) groups is 2. The molecule has 0 fully saturated rings. The third-order valence-electron chi connectivity index (χ3n) is 4.87. The van der Waals surface area contributed by atoms with Crippen molar-refractivity contribution >= 4 is 23.4 Å². The molecule has 7 nitrogen and oxygen atoms in total. The predicted octanol–water partition coefficient (Wildman–Crippen LogP) is 4.15. The summed E-state index contributed by atoms with van der Waals surface area (Å²) in [7, 11) is 0. The van der Waals surface area contributed by atoms with Crippen molar-refractivity contribution < 1.29 is 24.2 Å². The zero-order valence-corrected chi connectivity index (χ0v) is 17.0. The van der Waals surface area contributed by atoms with Crippen LogP contribution in [0.3, 0.4) is 0 Å². The number of thiazole rings is 1. The van der Waals surface area contributed by atoms with Gasteiger partial charge in [0, 0.05) is 11.3 Å². The van der Waals surface area contributed by atoms with Gasteiger partial charge in [-0.1, -0.05) is 59.9 Å². The number of carboxylic acid groups (broad SMARTS) is 1. The Bertz CT molecular complexity index is 1040. The van der Waals surface area contributed by atoms with Gasteiger partial charge in [0.2, 0.25) is 0 Å². The average molecular weight is 424 g/mol. The number of hydrogen-bond acceptors (Lipinski definition) is 6. The molecule has 3 aromatic rings. The molecule has 1 aliphatic carbocycles. The third kappa shape index (κ3) is 4.13. The SMILES string of the molecule is CC(COc1nc(C(=O)O)cs1)NC(=O)OCC1c2ccccc2-c2ccccc21. The number of nitrogens with one attached hydrogen (secondary N) is 1. The van der Waals surface area contributed by atoms with Gasteiger partial charge in [-0.3, -0.25) is 0 Å². The highest BCUT2D eigenvalue weighted by atomic mass is 32.1. The lowest BCUT2D eigenvalue weighted by Crippen LogP contribution is -2.37. The van der Waals surface area contributed by atoms with Gasteiger partial charge >= 0.3 is 12.1 Å². The minimum absolute atomic E-state index is 0.000496. The lowest BCUT2D eigenvalue weighted by molar-refractivity contribution is 0.0690. The van der Waals surface area contributed by atoms with Gasteiger partial charge in [0.15, 0.2) is 5.69 Å². The molecular formula is C22H20N2O5S. The number of aromatic nitrogens is 1. The number of rotatable bonds is 7. The van der Waals surface area contributed by atoms with Crippen LogP contribution in [0, 0.1) is 0 Å². The van der Waals surface area contributed by atoms with Crippen LogP contribution in [0.15, 0.2) is 53.9 Å². The first-order valence-electron chi connectivity index (χ1n) is 9.46. The van der Waals surface area contributed by atoms with Gasteiger partial charge in [-0.15, -0.1) is 0 Å². The van der Waals surface area contributed by atoms with E-state index in [0.717, 1.165) is 22.5 Å². The highest BCUT2D eigenvalue weighted by molar-refractivity contribution is 7.11. The Morgan fingerprint density at radius 3 is 2.37 bits per heavy atom. The van der Waals surface area contributed by atoms with Crippen LogP contribution >= 0.6 is 11.3 Å². The van der Waals surface area contributed by atoms with Crippen molar-refractivity contribution in [1.82, 2.24) is 10.3 Å². The zero-order valence-electron chi connectivity index (χ0n) is 16.2. The Balaban J connectivity index is 1.31. The highest BCUT2D eigenvalue weighted by Gasteiger charge is 2.29. The Morgan fingerprint density at radius 2 is 1.77 bits per heavy atom. The minimum atomic E-state index is -1.11. The van der Waals surface area contributed by atoms with Crippen LogP contribution in [-0.4, -0.2) is 41.4 Å². The van der Waals surface area contributed by atoms with E-state index >= 15 is 0 Å². The first-order chi connectivity index (χ1) is 14.5. The first kappa shape index (κ1) is 19.9. The molecule has 154 valence electrons. The van der Waals surface area contributed by atoms with E-state index in [1.807, 2.05) is 24.3 Å². The Morgan fingerprint density at radius 1 is 1.13 bits per heavy atom. The van der Waals surface area contributed by atoms with Crippen molar-refractivity contribution in [3.8, 4) is 16.3 Å². The number of ether oxygens (including phenoxy) is 2. The van der Waals surface area contributed by atoms with Gasteiger partial charge in [0.05, 0.1) is 6.04 Å². The van der Waals surface area contributed by atoms with E-state index in [1.54, 1.807) is 6.92 Å². The molecule has 0 spiro atoms. The maximum absolute atomic E-state index is 12.3. The first-order valence-corrected chi connectivity index (χ1v) is 10.3. The second-order valence-electron chi connectivity index (χ2n) is 6.99. The van der Waals surface area contributed by atoms with Crippen molar-refractivity contribution in [2.45, 2.75) is 18.9 Å². The monoisotopic (exact) mass is 424 g/mol. The highest BCUT2D eigenvalue weighted by Crippen LogP contribution is 2.44. The number of alkyl carbamates (subject to hydrolysis) is 1. The fourth-order valence-electron chi connectivity index (χ4n) is 3.50. The van der Waals surface area contributed by atoms with Gasteiger partial charge in [-0.05, 0) is 29.2 Å². The average Bonchev–Trinajstić information content (AvgIpc) is 3.34. The number of carbonyl (C=O) groups excluding carboxylic acids is 1. The van der Waals surface area contributed by atoms with E-state index in [0.29, 0.717) is 0 Å². The lowest BCUT2D eigenvalue weighted by Gasteiger charge is -2.17. The van der Waals surface area contributed by atoms with Crippen LogP contribution in [0.5, 0.6) is 5.19 Å². The summed E-state index contributed by atoms with van der Waals surface area (Å²) in [6.45, 7) is 2.16. The smallest absolute Gasteiger partial charge is 0.407 e. The molecule has 2 N–H and O–H groups in total. The summed E-state index contributed by atoms with van der Waals surface area (Å²) in [5.41, 5.74) is 4.59. The standard InChI is InChI=1S/C22H20N2O5S/c1-13(10-29-22-24-19(12-30-22)20(25)26)23-21(27)28-11-18-16-8-4-2-6-14(16)15-7-3-5-9-17(15)18/h2-9,12-13,18H,10-11H2,1H3,(H,23,27)(H,25,26). The molecule has 1 amide bonds. The fourth-order valence-corrected chi connectivity index (χ4v) is 4.15. The maximum atomic E-state index is 12.3. The Labute approximate surface area is 177 Å². The van der Waals surface area contributed by atoms with Gasteiger partial charge in [0.25, 0.3) is 5.19 Å². The van der Waals surface area contributed by atoms with Crippen LogP contribution in [0.2, 0.25) is 0 Å². The van der Waals surface area contributed by atoms with Gasteiger partial charge < -0.3 is 19.9 Å².